The van der Waals surface area contributed by atoms with Gasteiger partial charge in [-0.25, -0.2) is 0 Å². The molecule has 0 N–H and O–H groups in total. The van der Waals surface area contributed by atoms with Gasteiger partial charge >= 0.3 is 0 Å². The van der Waals surface area contributed by atoms with E-state index in [0.717, 1.165) is 65.0 Å². The first-order valence-electron chi connectivity index (χ1n) is 10.1. The number of carbonyl (C=O) groups excluding carboxylic acids is 2. The van der Waals surface area contributed by atoms with Gasteiger partial charge in [0.25, 0.3) is 0 Å². The summed E-state index contributed by atoms with van der Waals surface area (Å²) >= 11 is 0. The van der Waals surface area contributed by atoms with E-state index < -0.39 is 0 Å². The molecule has 5 heteroatoms. The normalized spacial score (nSPS) is 24.8. The fourth-order valence-electron chi connectivity index (χ4n) is 4.36. The Bertz CT molecular complexity index is 636. The summed E-state index contributed by atoms with van der Waals surface area (Å²) in [6.07, 6.45) is 5.17. The SMILES string of the molecule is O=C(C1CCC1)N1CCN(C2CCN(CCc3ccccc3)C2=O)CC1. The summed E-state index contributed by atoms with van der Waals surface area (Å²) in [6, 6.07) is 10.4. The molecular formula is C21H29N3O2. The molecule has 5 nitrogen and oxygen atoms in total. The number of likely N-dealkylation sites (tertiary alicyclic amines) is 1. The summed E-state index contributed by atoms with van der Waals surface area (Å²) in [5.74, 6) is 0.904. The zero-order valence-corrected chi connectivity index (χ0v) is 15.5. The van der Waals surface area contributed by atoms with Crippen molar-refractivity contribution in [2.24, 2.45) is 5.92 Å². The molecule has 1 aromatic carbocycles. The molecule has 2 aliphatic heterocycles. The third kappa shape index (κ3) is 3.63. The summed E-state index contributed by atoms with van der Waals surface area (Å²) in [5, 5.41) is 0. The maximum Gasteiger partial charge on any atom is 0.240 e. The summed E-state index contributed by atoms with van der Waals surface area (Å²) in [6.45, 7) is 4.89. The first-order chi connectivity index (χ1) is 12.7. The summed E-state index contributed by atoms with van der Waals surface area (Å²) in [7, 11) is 0. The first kappa shape index (κ1) is 17.5. The van der Waals surface area contributed by atoms with Gasteiger partial charge in [0, 0.05) is 45.2 Å². The van der Waals surface area contributed by atoms with Crippen LogP contribution in [0.4, 0.5) is 0 Å². The number of nitrogens with zero attached hydrogens (tertiary/aromatic N) is 3. The van der Waals surface area contributed by atoms with Crippen molar-refractivity contribution in [1.29, 1.82) is 0 Å². The Morgan fingerprint density at radius 2 is 1.69 bits per heavy atom. The number of benzene rings is 1. The van der Waals surface area contributed by atoms with Crippen LogP contribution in [0.3, 0.4) is 0 Å². The zero-order chi connectivity index (χ0) is 17.9. The van der Waals surface area contributed by atoms with Crippen LogP contribution < -0.4 is 0 Å². The van der Waals surface area contributed by atoms with E-state index in [4.69, 9.17) is 0 Å². The molecule has 0 aromatic heterocycles. The second-order valence-electron chi connectivity index (χ2n) is 7.85. The Morgan fingerprint density at radius 3 is 2.35 bits per heavy atom. The summed E-state index contributed by atoms with van der Waals surface area (Å²) in [4.78, 5) is 31.5. The average Bonchev–Trinajstić information content (AvgIpc) is 3.00. The smallest absolute Gasteiger partial charge is 0.240 e. The van der Waals surface area contributed by atoms with Gasteiger partial charge < -0.3 is 9.80 Å². The number of amides is 2. The lowest BCUT2D eigenvalue weighted by Crippen LogP contribution is -2.55. The van der Waals surface area contributed by atoms with Crippen molar-refractivity contribution < 1.29 is 9.59 Å². The van der Waals surface area contributed by atoms with E-state index >= 15 is 0 Å². The maximum absolute atomic E-state index is 12.8. The van der Waals surface area contributed by atoms with Crippen LogP contribution in [0, 0.1) is 5.92 Å². The highest BCUT2D eigenvalue weighted by molar-refractivity contribution is 5.84. The highest BCUT2D eigenvalue weighted by atomic mass is 16.2. The fraction of sp³-hybridized carbons (Fsp3) is 0.619. The van der Waals surface area contributed by atoms with Crippen LogP contribution in [0.1, 0.15) is 31.2 Å². The molecule has 0 bridgehead atoms. The van der Waals surface area contributed by atoms with Gasteiger partial charge in [-0.3, -0.25) is 14.5 Å². The molecule has 2 heterocycles. The lowest BCUT2D eigenvalue weighted by Gasteiger charge is -2.39. The van der Waals surface area contributed by atoms with Crippen molar-refractivity contribution in [2.45, 2.75) is 38.1 Å². The Hall–Kier alpha value is -1.88. The molecule has 1 aromatic rings. The summed E-state index contributed by atoms with van der Waals surface area (Å²) < 4.78 is 0. The van der Waals surface area contributed by atoms with Gasteiger partial charge in [0.1, 0.15) is 0 Å². The number of rotatable bonds is 5. The highest BCUT2D eigenvalue weighted by Crippen LogP contribution is 2.29. The van der Waals surface area contributed by atoms with Crippen LogP contribution in [0.25, 0.3) is 0 Å². The molecular weight excluding hydrogens is 326 g/mol. The third-order valence-corrected chi connectivity index (χ3v) is 6.30. The molecule has 0 radical (unpaired) electrons. The Kier molecular flexibility index (Phi) is 5.25. The monoisotopic (exact) mass is 355 g/mol. The third-order valence-electron chi connectivity index (χ3n) is 6.30. The largest absolute Gasteiger partial charge is 0.341 e. The second-order valence-corrected chi connectivity index (χ2v) is 7.85. The van der Waals surface area contributed by atoms with Crippen LogP contribution in [-0.2, 0) is 16.0 Å². The van der Waals surface area contributed by atoms with E-state index in [9.17, 15) is 9.59 Å². The minimum Gasteiger partial charge on any atom is -0.341 e. The molecule has 1 unspecified atom stereocenters. The van der Waals surface area contributed by atoms with Crippen LogP contribution >= 0.6 is 0 Å². The predicted molar refractivity (Wildman–Crippen MR) is 101 cm³/mol. The van der Waals surface area contributed by atoms with Gasteiger partial charge in [0.2, 0.25) is 11.8 Å². The lowest BCUT2D eigenvalue weighted by molar-refractivity contribution is -0.141. The number of piperazine rings is 1. The average molecular weight is 355 g/mol. The van der Waals surface area contributed by atoms with Gasteiger partial charge in [-0.05, 0) is 31.2 Å². The van der Waals surface area contributed by atoms with Crippen molar-refractivity contribution in [2.75, 3.05) is 39.3 Å². The zero-order valence-electron chi connectivity index (χ0n) is 15.5. The topological polar surface area (TPSA) is 43.9 Å². The lowest BCUT2D eigenvalue weighted by atomic mass is 9.84. The molecule has 26 heavy (non-hydrogen) atoms. The van der Waals surface area contributed by atoms with Crippen LogP contribution in [0.5, 0.6) is 0 Å². The van der Waals surface area contributed by atoms with Gasteiger partial charge in [-0.1, -0.05) is 36.8 Å². The minimum atomic E-state index is 0.0201. The Balaban J connectivity index is 1.25. The minimum absolute atomic E-state index is 0.0201. The first-order valence-corrected chi connectivity index (χ1v) is 10.1. The standard InChI is InChI=1S/C21H29N3O2/c25-20(18-7-4-8-18)24-15-13-22(14-16-24)19-10-12-23(21(19)26)11-9-17-5-2-1-3-6-17/h1-3,5-6,18-19H,4,7-16H2. The fourth-order valence-corrected chi connectivity index (χ4v) is 4.36. The van der Waals surface area contributed by atoms with E-state index in [0.29, 0.717) is 5.91 Å². The molecule has 140 valence electrons. The van der Waals surface area contributed by atoms with E-state index in [1.165, 1.54) is 12.0 Å². The summed E-state index contributed by atoms with van der Waals surface area (Å²) in [5.41, 5.74) is 1.28. The van der Waals surface area contributed by atoms with Crippen LogP contribution in [-0.4, -0.2) is 71.8 Å². The van der Waals surface area contributed by atoms with Gasteiger partial charge in [-0.2, -0.15) is 0 Å². The number of hydrogen-bond donors (Lipinski definition) is 0. The van der Waals surface area contributed by atoms with E-state index in [-0.39, 0.29) is 17.9 Å². The molecule has 1 saturated carbocycles. The van der Waals surface area contributed by atoms with Crippen molar-refractivity contribution in [1.82, 2.24) is 14.7 Å². The van der Waals surface area contributed by atoms with Crippen molar-refractivity contribution in [3.05, 3.63) is 35.9 Å². The molecule has 3 aliphatic rings. The number of hydrogen-bond acceptors (Lipinski definition) is 3. The number of carbonyl (C=O) groups is 2. The molecule has 4 rings (SSSR count). The predicted octanol–water partition coefficient (Wildman–Crippen LogP) is 1.77. The van der Waals surface area contributed by atoms with Crippen LogP contribution in [0.15, 0.2) is 30.3 Å². The van der Waals surface area contributed by atoms with E-state index in [2.05, 4.69) is 17.0 Å². The maximum atomic E-state index is 12.8. The van der Waals surface area contributed by atoms with Crippen molar-refractivity contribution >= 4 is 11.8 Å². The molecule has 3 fully saturated rings. The molecule has 2 saturated heterocycles. The van der Waals surface area contributed by atoms with Crippen LogP contribution in [0.2, 0.25) is 0 Å². The molecule has 2 amide bonds. The van der Waals surface area contributed by atoms with E-state index in [1.807, 2.05) is 28.0 Å². The van der Waals surface area contributed by atoms with Gasteiger partial charge in [0.05, 0.1) is 6.04 Å². The van der Waals surface area contributed by atoms with Crippen molar-refractivity contribution in [3.8, 4) is 0 Å². The molecule has 1 aliphatic carbocycles. The second kappa shape index (κ2) is 7.78. The van der Waals surface area contributed by atoms with Gasteiger partial charge in [0.15, 0.2) is 0 Å². The quantitative estimate of drug-likeness (QED) is 0.809. The Labute approximate surface area is 155 Å². The van der Waals surface area contributed by atoms with Crippen molar-refractivity contribution in [3.63, 3.8) is 0 Å². The highest BCUT2D eigenvalue weighted by Gasteiger charge is 2.38. The van der Waals surface area contributed by atoms with E-state index in [1.54, 1.807) is 0 Å². The molecule has 1 atom stereocenters. The Morgan fingerprint density at radius 1 is 0.962 bits per heavy atom. The molecule has 0 spiro atoms. The van der Waals surface area contributed by atoms with Gasteiger partial charge in [-0.15, -0.1) is 0 Å².